The van der Waals surface area contributed by atoms with E-state index in [4.69, 9.17) is 10.5 Å². The number of ether oxygens (including phenoxy) is 1. The maximum absolute atomic E-state index is 11.9. The van der Waals surface area contributed by atoms with Gasteiger partial charge in [-0.3, -0.25) is 0 Å². The number of sulfone groups is 1. The average Bonchev–Trinajstić information content (AvgIpc) is 2.52. The second-order valence-corrected chi connectivity index (χ2v) is 5.30. The van der Waals surface area contributed by atoms with E-state index < -0.39 is 9.84 Å². The van der Waals surface area contributed by atoms with E-state index in [1.807, 2.05) is 0 Å². The molecule has 1 aliphatic heterocycles. The van der Waals surface area contributed by atoms with Crippen molar-refractivity contribution in [2.75, 3.05) is 13.7 Å². The van der Waals surface area contributed by atoms with Gasteiger partial charge in [0, 0.05) is 11.0 Å². The first kappa shape index (κ1) is 11.2. The van der Waals surface area contributed by atoms with Crippen LogP contribution in [0.15, 0.2) is 28.5 Å². The highest BCUT2D eigenvalue weighted by molar-refractivity contribution is 7.95. The lowest BCUT2D eigenvalue weighted by Gasteiger charge is -2.07. The Morgan fingerprint density at radius 2 is 2.12 bits per heavy atom. The van der Waals surface area contributed by atoms with Gasteiger partial charge in [0.1, 0.15) is 10.6 Å². The molecule has 16 heavy (non-hydrogen) atoms. The van der Waals surface area contributed by atoms with E-state index in [1.165, 1.54) is 12.5 Å². The highest BCUT2D eigenvalue weighted by Crippen LogP contribution is 2.40. The van der Waals surface area contributed by atoms with Crippen molar-refractivity contribution in [1.82, 2.24) is 0 Å². The molecule has 1 heterocycles. The molecule has 0 bridgehead atoms. The van der Waals surface area contributed by atoms with Crippen LogP contribution in [-0.2, 0) is 9.84 Å². The molecule has 0 aliphatic carbocycles. The largest absolute Gasteiger partial charge is 0.495 e. The van der Waals surface area contributed by atoms with Crippen molar-refractivity contribution in [3.05, 3.63) is 29.2 Å². The van der Waals surface area contributed by atoms with Crippen molar-refractivity contribution in [3.8, 4) is 5.75 Å². The molecule has 2 rings (SSSR count). The van der Waals surface area contributed by atoms with Gasteiger partial charge >= 0.3 is 0 Å². The molecule has 0 atom stereocenters. The molecule has 0 radical (unpaired) electrons. The summed E-state index contributed by atoms with van der Waals surface area (Å²) < 4.78 is 28.9. The molecular formula is C11H13NO3S. The number of methoxy groups -OCH3 is 1. The van der Waals surface area contributed by atoms with Gasteiger partial charge in [0.05, 0.1) is 7.11 Å². The van der Waals surface area contributed by atoms with Gasteiger partial charge in [-0.1, -0.05) is 12.1 Å². The van der Waals surface area contributed by atoms with Gasteiger partial charge in [0.25, 0.3) is 0 Å². The van der Waals surface area contributed by atoms with E-state index in [9.17, 15) is 8.42 Å². The molecule has 0 spiro atoms. The number of fused-ring (bicyclic) bond motifs is 1. The third-order valence-corrected chi connectivity index (χ3v) is 4.13. The minimum Gasteiger partial charge on any atom is -0.495 e. The van der Waals surface area contributed by atoms with Crippen LogP contribution in [0, 0.1) is 0 Å². The van der Waals surface area contributed by atoms with Crippen LogP contribution in [0.2, 0.25) is 0 Å². The van der Waals surface area contributed by atoms with Crippen LogP contribution >= 0.6 is 0 Å². The second-order valence-electron chi connectivity index (χ2n) is 3.56. The lowest BCUT2D eigenvalue weighted by atomic mass is 10.0. The molecular weight excluding hydrogens is 226 g/mol. The van der Waals surface area contributed by atoms with E-state index in [0.717, 1.165) is 5.57 Å². The molecule has 4 nitrogen and oxygen atoms in total. The topological polar surface area (TPSA) is 69.4 Å². The van der Waals surface area contributed by atoms with E-state index >= 15 is 0 Å². The lowest BCUT2D eigenvalue weighted by molar-refractivity contribution is 0.403. The Labute approximate surface area is 94.6 Å². The van der Waals surface area contributed by atoms with Crippen molar-refractivity contribution >= 4 is 15.4 Å². The summed E-state index contributed by atoms with van der Waals surface area (Å²) >= 11 is 0. The van der Waals surface area contributed by atoms with Crippen LogP contribution in [0.25, 0.3) is 5.57 Å². The van der Waals surface area contributed by atoms with E-state index in [0.29, 0.717) is 24.3 Å². The van der Waals surface area contributed by atoms with Crippen molar-refractivity contribution in [1.29, 1.82) is 0 Å². The van der Waals surface area contributed by atoms with Crippen LogP contribution in [-0.4, -0.2) is 22.1 Å². The standard InChI is InChI=1S/C11H13NO3S/c1-15-10-4-2-3-9-8(5-6-12)7-16(13,14)11(9)10/h2-4,7H,5-6,12H2,1H3. The predicted octanol–water partition coefficient (Wildman–Crippen LogP) is 1.17. The minimum atomic E-state index is -3.36. The molecule has 0 fully saturated rings. The van der Waals surface area contributed by atoms with Crippen molar-refractivity contribution in [2.24, 2.45) is 5.73 Å². The maximum Gasteiger partial charge on any atom is 0.204 e. The Kier molecular flexibility index (Phi) is 2.73. The Morgan fingerprint density at radius 1 is 1.38 bits per heavy atom. The number of hydrogen-bond acceptors (Lipinski definition) is 4. The lowest BCUT2D eigenvalue weighted by Crippen LogP contribution is -1.99. The Hall–Kier alpha value is -1.33. The SMILES string of the molecule is COc1cccc2c1S(=O)(=O)C=C2CCN. The minimum absolute atomic E-state index is 0.265. The zero-order valence-corrected chi connectivity index (χ0v) is 9.75. The molecule has 2 N–H and O–H groups in total. The fraction of sp³-hybridized carbons (Fsp3) is 0.273. The van der Waals surface area contributed by atoms with Crippen molar-refractivity contribution in [3.63, 3.8) is 0 Å². The first-order valence-corrected chi connectivity index (χ1v) is 6.48. The summed E-state index contributed by atoms with van der Waals surface area (Å²) in [5.74, 6) is 0.390. The van der Waals surface area contributed by atoms with Crippen molar-refractivity contribution < 1.29 is 13.2 Å². The molecule has 0 unspecified atom stereocenters. The van der Waals surface area contributed by atoms with Gasteiger partial charge in [0.2, 0.25) is 9.84 Å². The zero-order valence-electron chi connectivity index (χ0n) is 8.93. The maximum atomic E-state index is 11.9. The van der Waals surface area contributed by atoms with E-state index in [2.05, 4.69) is 0 Å². The summed E-state index contributed by atoms with van der Waals surface area (Å²) in [6, 6.07) is 5.21. The van der Waals surface area contributed by atoms with Crippen LogP contribution in [0.5, 0.6) is 5.75 Å². The Balaban J connectivity index is 2.66. The highest BCUT2D eigenvalue weighted by atomic mass is 32.2. The molecule has 0 aromatic heterocycles. The van der Waals surface area contributed by atoms with Crippen LogP contribution in [0.4, 0.5) is 0 Å². The molecule has 1 aromatic rings. The summed E-state index contributed by atoms with van der Waals surface area (Å²) in [6.07, 6.45) is 0.555. The molecule has 1 aromatic carbocycles. The Morgan fingerprint density at radius 3 is 2.75 bits per heavy atom. The number of nitrogens with two attached hydrogens (primary N) is 1. The van der Waals surface area contributed by atoms with Crippen LogP contribution in [0.3, 0.4) is 0 Å². The van der Waals surface area contributed by atoms with Gasteiger partial charge in [-0.05, 0) is 24.6 Å². The van der Waals surface area contributed by atoms with Gasteiger partial charge in [-0.2, -0.15) is 0 Å². The first-order valence-electron chi connectivity index (χ1n) is 4.93. The van der Waals surface area contributed by atoms with E-state index in [-0.39, 0.29) is 4.90 Å². The highest BCUT2D eigenvalue weighted by Gasteiger charge is 2.29. The summed E-state index contributed by atoms with van der Waals surface area (Å²) in [6.45, 7) is 0.429. The molecule has 0 saturated carbocycles. The summed E-state index contributed by atoms with van der Waals surface area (Å²) in [5, 5.41) is 1.28. The van der Waals surface area contributed by atoms with Crippen molar-refractivity contribution in [2.45, 2.75) is 11.3 Å². The normalized spacial score (nSPS) is 16.8. The fourth-order valence-corrected chi connectivity index (χ4v) is 3.56. The quantitative estimate of drug-likeness (QED) is 0.859. The third kappa shape index (κ3) is 1.62. The monoisotopic (exact) mass is 239 g/mol. The molecule has 1 aliphatic rings. The predicted molar refractivity (Wildman–Crippen MR) is 61.8 cm³/mol. The summed E-state index contributed by atoms with van der Waals surface area (Å²) in [7, 11) is -1.90. The van der Waals surface area contributed by atoms with Gasteiger partial charge in [-0.15, -0.1) is 0 Å². The van der Waals surface area contributed by atoms with E-state index in [1.54, 1.807) is 18.2 Å². The molecule has 0 amide bonds. The molecule has 5 heteroatoms. The molecule has 0 saturated heterocycles. The fourth-order valence-electron chi connectivity index (χ4n) is 1.88. The smallest absolute Gasteiger partial charge is 0.204 e. The zero-order chi connectivity index (χ0) is 11.8. The van der Waals surface area contributed by atoms with Gasteiger partial charge < -0.3 is 10.5 Å². The Bertz CT molecular complexity index is 546. The second kappa shape index (κ2) is 3.92. The summed E-state index contributed by atoms with van der Waals surface area (Å²) in [4.78, 5) is 0.265. The third-order valence-electron chi connectivity index (χ3n) is 2.54. The van der Waals surface area contributed by atoms with Gasteiger partial charge in [-0.25, -0.2) is 8.42 Å². The number of hydrogen-bond donors (Lipinski definition) is 1. The average molecular weight is 239 g/mol. The van der Waals surface area contributed by atoms with Crippen LogP contribution < -0.4 is 10.5 Å². The number of benzene rings is 1. The summed E-state index contributed by atoms with van der Waals surface area (Å²) in [5.41, 5.74) is 6.93. The first-order chi connectivity index (χ1) is 7.60. The van der Waals surface area contributed by atoms with Crippen LogP contribution in [0.1, 0.15) is 12.0 Å². The van der Waals surface area contributed by atoms with Gasteiger partial charge in [0.15, 0.2) is 0 Å². The molecule has 86 valence electrons. The number of rotatable bonds is 3.